The van der Waals surface area contributed by atoms with E-state index >= 15 is 0 Å². The quantitative estimate of drug-likeness (QED) is 0.402. The summed E-state index contributed by atoms with van der Waals surface area (Å²) in [5.74, 6) is -2.18. The second-order valence-electron chi connectivity index (χ2n) is 6.72. The van der Waals surface area contributed by atoms with Crippen LogP contribution in [0.4, 0.5) is 8.78 Å². The number of benzene rings is 2. The minimum Gasteiger partial charge on any atom is -0.453 e. The van der Waals surface area contributed by atoms with Gasteiger partial charge in [0.25, 0.3) is 5.56 Å². The molecular formula is C22H15F2N3O4. The fourth-order valence-corrected chi connectivity index (χ4v) is 3.14. The van der Waals surface area contributed by atoms with Gasteiger partial charge in [-0.2, -0.15) is 4.39 Å². The van der Waals surface area contributed by atoms with E-state index in [9.17, 15) is 23.2 Å². The lowest BCUT2D eigenvalue weighted by atomic mass is 10.1. The maximum atomic E-state index is 14.1. The van der Waals surface area contributed by atoms with E-state index in [0.717, 1.165) is 6.07 Å². The Bertz CT molecular complexity index is 1430. The van der Waals surface area contributed by atoms with Gasteiger partial charge >= 0.3 is 11.7 Å². The zero-order valence-electron chi connectivity index (χ0n) is 16.1. The standard InChI is InChI=1S/C22H15F2N3O4/c1-12(16-6-4-8-19(24)25-16)31-21(29)13-9-10-14-17(11-13)26-22(30)27(20(14)28)18-7-3-2-5-15(18)23/h2-12H,1H3,(H,26,30). The van der Waals surface area contributed by atoms with E-state index in [-0.39, 0.29) is 27.8 Å². The van der Waals surface area contributed by atoms with E-state index in [1.54, 1.807) is 0 Å². The molecule has 0 radical (unpaired) electrons. The number of ether oxygens (including phenoxy) is 1. The summed E-state index contributed by atoms with van der Waals surface area (Å²) in [5, 5.41) is 0.0826. The van der Waals surface area contributed by atoms with E-state index in [1.807, 2.05) is 0 Å². The van der Waals surface area contributed by atoms with Crippen molar-refractivity contribution < 1.29 is 18.3 Å². The zero-order valence-corrected chi connectivity index (χ0v) is 16.1. The molecule has 2 heterocycles. The molecule has 2 aromatic heterocycles. The van der Waals surface area contributed by atoms with Crippen molar-refractivity contribution in [2.24, 2.45) is 0 Å². The number of nitrogens with one attached hydrogen (secondary N) is 1. The average Bonchev–Trinajstić information content (AvgIpc) is 2.74. The van der Waals surface area contributed by atoms with Crippen LogP contribution in [0.15, 0.2) is 70.3 Å². The molecule has 0 amide bonds. The van der Waals surface area contributed by atoms with Crippen LogP contribution in [0.3, 0.4) is 0 Å². The Kier molecular flexibility index (Phi) is 5.16. The first kappa shape index (κ1) is 20.1. The van der Waals surface area contributed by atoms with E-state index < -0.39 is 35.1 Å². The third-order valence-electron chi connectivity index (χ3n) is 4.66. The Hall–Kier alpha value is -4.14. The summed E-state index contributed by atoms with van der Waals surface area (Å²) in [6, 6.07) is 13.5. The predicted molar refractivity (Wildman–Crippen MR) is 108 cm³/mol. The van der Waals surface area contributed by atoms with E-state index in [1.165, 1.54) is 61.5 Å². The van der Waals surface area contributed by atoms with Gasteiger partial charge in [0.2, 0.25) is 5.95 Å². The second-order valence-corrected chi connectivity index (χ2v) is 6.72. The van der Waals surface area contributed by atoms with Crippen LogP contribution in [0.25, 0.3) is 16.6 Å². The van der Waals surface area contributed by atoms with Crippen LogP contribution in [0.5, 0.6) is 0 Å². The lowest BCUT2D eigenvalue weighted by Crippen LogP contribution is -2.34. The minimum atomic E-state index is -0.856. The number of para-hydroxylation sites is 1. The molecule has 156 valence electrons. The number of pyridine rings is 1. The van der Waals surface area contributed by atoms with Gasteiger partial charge in [-0.15, -0.1) is 0 Å². The monoisotopic (exact) mass is 423 g/mol. The molecule has 1 unspecified atom stereocenters. The number of rotatable bonds is 4. The first-order chi connectivity index (χ1) is 14.8. The van der Waals surface area contributed by atoms with Crippen molar-refractivity contribution in [3.63, 3.8) is 0 Å². The van der Waals surface area contributed by atoms with Crippen molar-refractivity contribution in [3.8, 4) is 5.69 Å². The van der Waals surface area contributed by atoms with E-state index in [0.29, 0.717) is 4.57 Å². The summed E-state index contributed by atoms with van der Waals surface area (Å²) in [6.07, 6.45) is -0.827. The second kappa shape index (κ2) is 7.94. The highest BCUT2D eigenvalue weighted by molar-refractivity contribution is 5.94. The maximum absolute atomic E-state index is 14.1. The number of hydrogen-bond donors (Lipinski definition) is 1. The summed E-state index contributed by atoms with van der Waals surface area (Å²) in [6.45, 7) is 1.54. The SMILES string of the molecule is CC(OC(=O)c1ccc2c(=O)n(-c3ccccc3F)c(=O)[nH]c2c1)c1cccc(F)n1. The van der Waals surface area contributed by atoms with Crippen molar-refractivity contribution in [1.29, 1.82) is 0 Å². The van der Waals surface area contributed by atoms with Gasteiger partial charge in [0.15, 0.2) is 0 Å². The molecule has 0 spiro atoms. The molecule has 1 N–H and O–H groups in total. The van der Waals surface area contributed by atoms with Gasteiger partial charge in [-0.1, -0.05) is 18.2 Å². The van der Waals surface area contributed by atoms with Gasteiger partial charge < -0.3 is 9.72 Å². The topological polar surface area (TPSA) is 94.0 Å². The molecule has 0 aliphatic heterocycles. The van der Waals surface area contributed by atoms with Crippen molar-refractivity contribution in [3.05, 3.63) is 105 Å². The summed E-state index contributed by atoms with van der Waals surface area (Å²) in [7, 11) is 0. The van der Waals surface area contributed by atoms with Gasteiger partial charge in [-0.05, 0) is 49.4 Å². The largest absolute Gasteiger partial charge is 0.453 e. The van der Waals surface area contributed by atoms with Crippen LogP contribution in [-0.4, -0.2) is 20.5 Å². The Balaban J connectivity index is 1.70. The first-order valence-electron chi connectivity index (χ1n) is 9.22. The molecule has 0 aliphatic rings. The van der Waals surface area contributed by atoms with E-state index in [4.69, 9.17) is 4.74 Å². The highest BCUT2D eigenvalue weighted by Crippen LogP contribution is 2.19. The number of fused-ring (bicyclic) bond motifs is 1. The number of H-pyrrole nitrogens is 1. The Morgan fingerprint density at radius 2 is 1.84 bits per heavy atom. The number of aromatic nitrogens is 3. The summed E-state index contributed by atoms with van der Waals surface area (Å²) in [4.78, 5) is 43.9. The lowest BCUT2D eigenvalue weighted by molar-refractivity contribution is 0.0327. The number of hydrogen-bond acceptors (Lipinski definition) is 5. The number of carbonyl (C=O) groups is 1. The van der Waals surface area contributed by atoms with Crippen molar-refractivity contribution >= 4 is 16.9 Å². The Morgan fingerprint density at radius 3 is 2.58 bits per heavy atom. The summed E-state index contributed by atoms with van der Waals surface area (Å²) >= 11 is 0. The van der Waals surface area contributed by atoms with Gasteiger partial charge in [-0.3, -0.25) is 4.79 Å². The Morgan fingerprint density at radius 1 is 1.06 bits per heavy atom. The van der Waals surface area contributed by atoms with Crippen LogP contribution >= 0.6 is 0 Å². The predicted octanol–water partition coefficient (Wildman–Crippen LogP) is 3.27. The number of carbonyl (C=O) groups excluding carboxylic acids is 1. The van der Waals surface area contributed by atoms with Crippen LogP contribution < -0.4 is 11.2 Å². The smallest absolute Gasteiger partial charge is 0.338 e. The highest BCUT2D eigenvalue weighted by Gasteiger charge is 2.18. The lowest BCUT2D eigenvalue weighted by Gasteiger charge is -2.13. The molecule has 1 atom stereocenters. The third kappa shape index (κ3) is 3.85. The molecule has 31 heavy (non-hydrogen) atoms. The van der Waals surface area contributed by atoms with Crippen LogP contribution in [-0.2, 0) is 4.74 Å². The molecular weight excluding hydrogens is 408 g/mol. The molecule has 0 fully saturated rings. The Labute approximate surface area is 173 Å². The van der Waals surface area contributed by atoms with Gasteiger partial charge in [0.05, 0.1) is 27.8 Å². The fourth-order valence-electron chi connectivity index (χ4n) is 3.14. The van der Waals surface area contributed by atoms with Crippen LogP contribution in [0.2, 0.25) is 0 Å². The molecule has 2 aromatic carbocycles. The molecule has 9 heteroatoms. The number of nitrogens with zero attached hydrogens (tertiary/aromatic N) is 2. The number of esters is 1. The van der Waals surface area contributed by atoms with Crippen LogP contribution in [0.1, 0.15) is 29.1 Å². The summed E-state index contributed by atoms with van der Waals surface area (Å²) in [5.41, 5.74) is -1.39. The zero-order chi connectivity index (χ0) is 22.1. The maximum Gasteiger partial charge on any atom is 0.338 e. The molecule has 4 rings (SSSR count). The normalized spacial score (nSPS) is 12.0. The highest BCUT2D eigenvalue weighted by atomic mass is 19.1. The molecule has 4 aromatic rings. The first-order valence-corrected chi connectivity index (χ1v) is 9.22. The third-order valence-corrected chi connectivity index (χ3v) is 4.66. The van der Waals surface area contributed by atoms with Gasteiger partial charge in [0.1, 0.15) is 11.9 Å². The number of aromatic amines is 1. The van der Waals surface area contributed by atoms with Crippen molar-refractivity contribution in [1.82, 2.24) is 14.5 Å². The number of halogens is 2. The molecule has 0 saturated heterocycles. The molecule has 0 saturated carbocycles. The van der Waals surface area contributed by atoms with Gasteiger partial charge in [0, 0.05) is 0 Å². The van der Waals surface area contributed by atoms with E-state index in [2.05, 4.69) is 9.97 Å². The van der Waals surface area contributed by atoms with Crippen LogP contribution in [0, 0.1) is 11.8 Å². The van der Waals surface area contributed by atoms with Crippen molar-refractivity contribution in [2.45, 2.75) is 13.0 Å². The summed E-state index contributed by atoms with van der Waals surface area (Å²) < 4.78 is 33.4. The molecule has 0 aliphatic carbocycles. The van der Waals surface area contributed by atoms with Crippen molar-refractivity contribution in [2.75, 3.05) is 0 Å². The van der Waals surface area contributed by atoms with Gasteiger partial charge in [-0.25, -0.2) is 23.5 Å². The minimum absolute atomic E-state index is 0.0643. The molecule has 7 nitrogen and oxygen atoms in total. The fraction of sp³-hybridized carbons (Fsp3) is 0.0909. The molecule has 0 bridgehead atoms. The average molecular weight is 423 g/mol.